The van der Waals surface area contributed by atoms with E-state index in [1.165, 1.54) is 0 Å². The van der Waals surface area contributed by atoms with Gasteiger partial charge in [0.15, 0.2) is 11.6 Å². The third-order valence-corrected chi connectivity index (χ3v) is 6.36. The predicted molar refractivity (Wildman–Crippen MR) is 88.7 cm³/mol. The molecule has 0 saturated heterocycles. The minimum Gasteiger partial charge on any atom is -0.299 e. The number of ketones is 3. The molecule has 3 aliphatic carbocycles. The van der Waals surface area contributed by atoms with Gasteiger partial charge in [-0.1, -0.05) is 32.9 Å². The lowest BCUT2D eigenvalue weighted by Gasteiger charge is -2.36. The van der Waals surface area contributed by atoms with Gasteiger partial charge in [0.25, 0.3) is 0 Å². The van der Waals surface area contributed by atoms with Crippen LogP contribution in [0.25, 0.3) is 0 Å². The second kappa shape index (κ2) is 4.99. The largest absolute Gasteiger partial charge is 0.299 e. The number of rotatable bonds is 0. The van der Waals surface area contributed by atoms with Gasteiger partial charge in [0.1, 0.15) is 5.78 Å². The maximum absolute atomic E-state index is 13.4. The molecule has 0 spiro atoms. The Bertz CT molecular complexity index is 664. The van der Waals surface area contributed by atoms with Crippen molar-refractivity contribution in [2.45, 2.75) is 53.9 Å². The first-order valence-electron chi connectivity index (χ1n) is 8.58. The highest BCUT2D eigenvalue weighted by molar-refractivity contribution is 6.12. The lowest BCUT2D eigenvalue weighted by atomic mass is 9.64. The molecule has 3 nitrogen and oxygen atoms in total. The van der Waals surface area contributed by atoms with Crippen molar-refractivity contribution in [3.63, 3.8) is 0 Å². The summed E-state index contributed by atoms with van der Waals surface area (Å²) in [5.74, 6) is -0.0181. The minimum atomic E-state index is -1.02. The zero-order valence-corrected chi connectivity index (χ0v) is 14.7. The molecule has 0 aromatic carbocycles. The van der Waals surface area contributed by atoms with Crippen LogP contribution in [0.15, 0.2) is 23.3 Å². The highest BCUT2D eigenvalue weighted by Gasteiger charge is 2.61. The molecule has 23 heavy (non-hydrogen) atoms. The van der Waals surface area contributed by atoms with Crippen LogP contribution < -0.4 is 0 Å². The van der Waals surface area contributed by atoms with E-state index in [1.807, 2.05) is 26.8 Å². The molecule has 0 heterocycles. The number of carbonyl (C=O) groups is 3. The third-order valence-electron chi connectivity index (χ3n) is 6.36. The first-order valence-corrected chi connectivity index (χ1v) is 8.58. The molecule has 0 aliphatic heterocycles. The lowest BCUT2D eigenvalue weighted by molar-refractivity contribution is -0.142. The fourth-order valence-corrected chi connectivity index (χ4v) is 4.95. The average Bonchev–Trinajstić information content (AvgIpc) is 2.88. The van der Waals surface area contributed by atoms with Crippen LogP contribution in [0.2, 0.25) is 0 Å². The molecule has 0 aromatic rings. The van der Waals surface area contributed by atoms with Gasteiger partial charge in [-0.3, -0.25) is 14.4 Å². The van der Waals surface area contributed by atoms with Crippen LogP contribution in [-0.4, -0.2) is 17.3 Å². The molecular weight excluding hydrogens is 288 g/mol. The fraction of sp³-hybridized carbons (Fsp3) is 0.650. The van der Waals surface area contributed by atoms with Gasteiger partial charge >= 0.3 is 0 Å². The molecule has 0 N–H and O–H groups in total. The molecule has 0 aromatic heterocycles. The summed E-state index contributed by atoms with van der Waals surface area (Å²) in [6, 6.07) is 0. The number of hydrogen-bond acceptors (Lipinski definition) is 3. The van der Waals surface area contributed by atoms with E-state index < -0.39 is 5.41 Å². The van der Waals surface area contributed by atoms with Crippen LogP contribution in [0, 0.1) is 28.6 Å². The van der Waals surface area contributed by atoms with E-state index in [4.69, 9.17) is 0 Å². The van der Waals surface area contributed by atoms with E-state index in [0.29, 0.717) is 24.3 Å². The summed E-state index contributed by atoms with van der Waals surface area (Å²) in [5, 5.41) is 0. The first kappa shape index (κ1) is 16.4. The Morgan fingerprint density at radius 1 is 1.13 bits per heavy atom. The van der Waals surface area contributed by atoms with Crippen molar-refractivity contribution in [2.24, 2.45) is 28.6 Å². The molecular formula is C20H26O3. The van der Waals surface area contributed by atoms with E-state index >= 15 is 0 Å². The normalized spacial score (nSPS) is 39.9. The molecule has 3 aliphatic rings. The van der Waals surface area contributed by atoms with Crippen LogP contribution in [0.1, 0.15) is 53.9 Å². The van der Waals surface area contributed by atoms with E-state index in [-0.39, 0.29) is 34.6 Å². The lowest BCUT2D eigenvalue weighted by Crippen LogP contribution is -2.44. The smallest absolute Gasteiger partial charge is 0.158 e. The van der Waals surface area contributed by atoms with Crippen LogP contribution in [0.3, 0.4) is 0 Å². The van der Waals surface area contributed by atoms with Gasteiger partial charge in [-0.2, -0.15) is 0 Å². The molecule has 3 heteroatoms. The summed E-state index contributed by atoms with van der Waals surface area (Å²) in [4.78, 5) is 38.9. The number of Topliss-reactive ketones (excluding diaryl/α,β-unsaturated/α-hetero) is 3. The SMILES string of the molecule is CC1=CC2=CC(C)CC2C(=O)C2(C)C(=O)CC(C)(C)C2CC1=O. The Balaban J connectivity index is 2.17. The zero-order valence-electron chi connectivity index (χ0n) is 14.7. The molecule has 0 bridgehead atoms. The van der Waals surface area contributed by atoms with Gasteiger partial charge in [0.05, 0.1) is 5.41 Å². The first-order chi connectivity index (χ1) is 10.6. The highest BCUT2D eigenvalue weighted by Crippen LogP contribution is 2.56. The van der Waals surface area contributed by atoms with E-state index in [2.05, 4.69) is 13.0 Å². The molecule has 1 saturated carbocycles. The summed E-state index contributed by atoms with van der Waals surface area (Å²) >= 11 is 0. The van der Waals surface area contributed by atoms with Gasteiger partial charge in [-0.15, -0.1) is 0 Å². The van der Waals surface area contributed by atoms with Gasteiger partial charge in [-0.05, 0) is 48.7 Å². The Hall–Kier alpha value is -1.51. The van der Waals surface area contributed by atoms with Crippen molar-refractivity contribution >= 4 is 17.3 Å². The van der Waals surface area contributed by atoms with Crippen molar-refractivity contribution in [3.8, 4) is 0 Å². The monoisotopic (exact) mass is 314 g/mol. The van der Waals surface area contributed by atoms with Crippen molar-refractivity contribution < 1.29 is 14.4 Å². The molecule has 4 atom stereocenters. The Labute approximate surface area is 138 Å². The summed E-state index contributed by atoms with van der Waals surface area (Å²) < 4.78 is 0. The number of fused-ring (bicyclic) bond motifs is 2. The maximum Gasteiger partial charge on any atom is 0.158 e. The number of carbonyl (C=O) groups excluding carboxylic acids is 3. The van der Waals surface area contributed by atoms with Crippen molar-refractivity contribution in [2.75, 3.05) is 0 Å². The third kappa shape index (κ3) is 2.28. The van der Waals surface area contributed by atoms with Gasteiger partial charge < -0.3 is 0 Å². The second-order valence-corrected chi connectivity index (χ2v) is 8.59. The molecule has 3 rings (SSSR count). The Morgan fingerprint density at radius 3 is 2.43 bits per heavy atom. The van der Waals surface area contributed by atoms with E-state index in [0.717, 1.165) is 12.0 Å². The predicted octanol–water partition coefficient (Wildman–Crippen LogP) is 3.68. The van der Waals surface area contributed by atoms with Gasteiger partial charge in [-0.25, -0.2) is 0 Å². The van der Waals surface area contributed by atoms with Crippen molar-refractivity contribution in [1.82, 2.24) is 0 Å². The van der Waals surface area contributed by atoms with Crippen molar-refractivity contribution in [1.29, 1.82) is 0 Å². The van der Waals surface area contributed by atoms with Gasteiger partial charge in [0, 0.05) is 18.8 Å². The van der Waals surface area contributed by atoms with Crippen molar-refractivity contribution in [3.05, 3.63) is 23.3 Å². The van der Waals surface area contributed by atoms with Crippen LogP contribution in [-0.2, 0) is 14.4 Å². The van der Waals surface area contributed by atoms with E-state index in [1.54, 1.807) is 6.92 Å². The molecule has 0 radical (unpaired) electrons. The summed E-state index contributed by atoms with van der Waals surface area (Å²) in [7, 11) is 0. The summed E-state index contributed by atoms with van der Waals surface area (Å²) in [6.07, 6.45) is 5.40. The molecule has 124 valence electrons. The molecule has 0 amide bonds. The highest BCUT2D eigenvalue weighted by atomic mass is 16.2. The maximum atomic E-state index is 13.4. The zero-order chi connectivity index (χ0) is 17.2. The Kier molecular flexibility index (Phi) is 3.55. The Morgan fingerprint density at radius 2 is 1.78 bits per heavy atom. The fourth-order valence-electron chi connectivity index (χ4n) is 4.95. The van der Waals surface area contributed by atoms with Crippen LogP contribution >= 0.6 is 0 Å². The topological polar surface area (TPSA) is 51.2 Å². The van der Waals surface area contributed by atoms with Crippen LogP contribution in [0.5, 0.6) is 0 Å². The van der Waals surface area contributed by atoms with E-state index in [9.17, 15) is 14.4 Å². The second-order valence-electron chi connectivity index (χ2n) is 8.59. The summed E-state index contributed by atoms with van der Waals surface area (Å²) in [6.45, 7) is 9.76. The quantitative estimate of drug-likeness (QED) is 0.641. The average molecular weight is 314 g/mol. The van der Waals surface area contributed by atoms with Crippen LogP contribution in [0.4, 0.5) is 0 Å². The molecule has 4 unspecified atom stereocenters. The van der Waals surface area contributed by atoms with Gasteiger partial charge in [0.2, 0.25) is 0 Å². The number of hydrogen-bond donors (Lipinski definition) is 0. The number of allylic oxidation sites excluding steroid dienone is 4. The summed E-state index contributed by atoms with van der Waals surface area (Å²) in [5.41, 5.74) is 0.316. The molecule has 1 fully saturated rings. The minimum absolute atomic E-state index is 0.0174. The standard InChI is InChI=1S/C20H26O3/c1-11-6-13-8-12(2)15(21)9-16-19(3,4)10-17(22)20(16,5)18(23)14(13)7-11/h6,8,11,14,16H,7,9-10H2,1-5H3.